The molecule has 1 aliphatic rings. The van der Waals surface area contributed by atoms with E-state index < -0.39 is 0 Å². The number of hydrazone groups is 1. The van der Waals surface area contributed by atoms with E-state index in [4.69, 9.17) is 4.74 Å². The molecule has 1 unspecified atom stereocenters. The van der Waals surface area contributed by atoms with Gasteiger partial charge in [-0.2, -0.15) is 5.10 Å². The first-order valence-corrected chi connectivity index (χ1v) is 7.22. The van der Waals surface area contributed by atoms with Crippen LogP contribution >= 0.6 is 0 Å². The highest BCUT2D eigenvalue weighted by atomic mass is 16.5. The second kappa shape index (κ2) is 7.02. The van der Waals surface area contributed by atoms with E-state index in [0.29, 0.717) is 17.9 Å². The van der Waals surface area contributed by atoms with Crippen LogP contribution in [-0.2, 0) is 9.53 Å². The van der Waals surface area contributed by atoms with Gasteiger partial charge in [-0.15, -0.1) is 0 Å². The average molecular weight is 288 g/mol. The van der Waals surface area contributed by atoms with Crippen molar-refractivity contribution >= 4 is 17.6 Å². The van der Waals surface area contributed by atoms with Crippen LogP contribution in [0.4, 0.5) is 0 Å². The fourth-order valence-electron chi connectivity index (χ4n) is 2.35. The van der Waals surface area contributed by atoms with Crippen molar-refractivity contribution in [3.8, 4) is 0 Å². The second-order valence-electron chi connectivity index (χ2n) is 5.11. The van der Waals surface area contributed by atoms with Crippen molar-refractivity contribution in [3.63, 3.8) is 0 Å². The molecule has 0 heterocycles. The topological polar surface area (TPSA) is 67.8 Å². The molecule has 5 nitrogen and oxygen atoms in total. The Kier molecular flexibility index (Phi) is 5.09. The van der Waals surface area contributed by atoms with E-state index in [1.54, 1.807) is 19.1 Å². The van der Waals surface area contributed by atoms with Gasteiger partial charge >= 0.3 is 5.97 Å². The largest absolute Gasteiger partial charge is 0.465 e. The maximum absolute atomic E-state index is 12.0. The summed E-state index contributed by atoms with van der Waals surface area (Å²) in [5.74, 6) is -0.835. The Hall–Kier alpha value is -2.17. The Balaban J connectivity index is 2.00. The number of hydrogen-bond acceptors (Lipinski definition) is 4. The Morgan fingerprint density at radius 1 is 1.33 bits per heavy atom. The summed E-state index contributed by atoms with van der Waals surface area (Å²) in [7, 11) is 0. The van der Waals surface area contributed by atoms with Gasteiger partial charge in [0.25, 0.3) is 5.91 Å². The maximum Gasteiger partial charge on any atom is 0.314 e. The van der Waals surface area contributed by atoms with Crippen molar-refractivity contribution in [2.75, 3.05) is 6.61 Å². The summed E-state index contributed by atoms with van der Waals surface area (Å²) in [6.45, 7) is 4.10. The van der Waals surface area contributed by atoms with Gasteiger partial charge in [0.05, 0.1) is 18.2 Å². The standard InChI is InChI=1S/C16H20N2O3/c1-3-21-16(20)13-5-4-6-14(13)17-18-15(19)12-9-7-11(2)8-10-12/h7-10,13H,3-6H2,1-2H3,(H,18,19)/b17-14+. The number of carbonyl (C=O) groups is 2. The molecule has 0 bridgehead atoms. The summed E-state index contributed by atoms with van der Waals surface area (Å²) in [5.41, 5.74) is 4.88. The van der Waals surface area contributed by atoms with Gasteiger partial charge in [-0.05, 0) is 45.2 Å². The van der Waals surface area contributed by atoms with Crippen molar-refractivity contribution in [3.05, 3.63) is 35.4 Å². The molecular weight excluding hydrogens is 268 g/mol. The molecule has 0 spiro atoms. The molecule has 1 aliphatic carbocycles. The number of esters is 1. The van der Waals surface area contributed by atoms with Gasteiger partial charge in [0.2, 0.25) is 0 Å². The van der Waals surface area contributed by atoms with Crippen LogP contribution in [0.25, 0.3) is 0 Å². The smallest absolute Gasteiger partial charge is 0.314 e. The molecule has 0 saturated heterocycles. The van der Waals surface area contributed by atoms with Crippen LogP contribution < -0.4 is 5.43 Å². The molecule has 2 rings (SSSR count). The zero-order valence-corrected chi connectivity index (χ0v) is 12.4. The molecule has 112 valence electrons. The lowest BCUT2D eigenvalue weighted by atomic mass is 10.1. The molecule has 21 heavy (non-hydrogen) atoms. The minimum absolute atomic E-state index is 0.252. The highest BCUT2D eigenvalue weighted by Gasteiger charge is 2.30. The van der Waals surface area contributed by atoms with Crippen LogP contribution in [0.2, 0.25) is 0 Å². The Morgan fingerprint density at radius 2 is 2.05 bits per heavy atom. The van der Waals surface area contributed by atoms with Crippen molar-refractivity contribution in [2.24, 2.45) is 11.0 Å². The van der Waals surface area contributed by atoms with Crippen molar-refractivity contribution < 1.29 is 14.3 Å². The summed E-state index contributed by atoms with van der Waals surface area (Å²) in [4.78, 5) is 23.8. The number of nitrogens with one attached hydrogen (secondary N) is 1. The Bertz CT molecular complexity index is 549. The van der Waals surface area contributed by atoms with Crippen LogP contribution in [0, 0.1) is 12.8 Å². The third-order valence-electron chi connectivity index (χ3n) is 3.51. The zero-order chi connectivity index (χ0) is 15.2. The van der Waals surface area contributed by atoms with Crippen molar-refractivity contribution in [1.29, 1.82) is 0 Å². The predicted molar refractivity (Wildman–Crippen MR) is 80.1 cm³/mol. The summed E-state index contributed by atoms with van der Waals surface area (Å²) in [6.07, 6.45) is 2.35. The van der Waals surface area contributed by atoms with E-state index in [0.717, 1.165) is 24.8 Å². The lowest BCUT2D eigenvalue weighted by Crippen LogP contribution is -2.25. The molecular formula is C16H20N2O3. The molecule has 1 aromatic carbocycles. The highest BCUT2D eigenvalue weighted by molar-refractivity contribution is 6.04. The third kappa shape index (κ3) is 3.90. The monoisotopic (exact) mass is 288 g/mol. The number of benzene rings is 1. The molecule has 0 aromatic heterocycles. The fourth-order valence-corrected chi connectivity index (χ4v) is 2.35. The molecule has 0 aliphatic heterocycles. The SMILES string of the molecule is CCOC(=O)C1CCC/C1=N\NC(=O)c1ccc(C)cc1. The van der Waals surface area contributed by atoms with Gasteiger partial charge < -0.3 is 4.74 Å². The predicted octanol–water partition coefficient (Wildman–Crippen LogP) is 2.44. The first kappa shape index (κ1) is 15.2. The van der Waals surface area contributed by atoms with E-state index in [1.807, 2.05) is 19.1 Å². The van der Waals surface area contributed by atoms with E-state index in [-0.39, 0.29) is 17.8 Å². The highest BCUT2D eigenvalue weighted by Crippen LogP contribution is 2.23. The molecule has 1 N–H and O–H groups in total. The van der Waals surface area contributed by atoms with Crippen molar-refractivity contribution in [1.82, 2.24) is 5.43 Å². The van der Waals surface area contributed by atoms with Crippen LogP contribution in [0.1, 0.15) is 42.1 Å². The summed E-state index contributed by atoms with van der Waals surface area (Å²) < 4.78 is 5.03. The number of ether oxygens (including phenoxy) is 1. The number of hydrogen-bond donors (Lipinski definition) is 1. The van der Waals surface area contributed by atoms with Gasteiger partial charge in [0, 0.05) is 5.56 Å². The molecule has 1 saturated carbocycles. The molecule has 1 atom stereocenters. The quantitative estimate of drug-likeness (QED) is 0.683. The van der Waals surface area contributed by atoms with Crippen LogP contribution in [0.5, 0.6) is 0 Å². The maximum atomic E-state index is 12.0. The molecule has 1 aromatic rings. The molecule has 5 heteroatoms. The number of carbonyl (C=O) groups excluding carboxylic acids is 2. The number of amides is 1. The normalized spacial score (nSPS) is 19.5. The van der Waals surface area contributed by atoms with Gasteiger partial charge in [0.1, 0.15) is 0 Å². The fraction of sp³-hybridized carbons (Fsp3) is 0.438. The second-order valence-corrected chi connectivity index (χ2v) is 5.11. The zero-order valence-electron chi connectivity index (χ0n) is 12.4. The van der Waals surface area contributed by atoms with E-state index in [1.165, 1.54) is 0 Å². The molecule has 0 radical (unpaired) electrons. The van der Waals surface area contributed by atoms with Crippen molar-refractivity contribution in [2.45, 2.75) is 33.1 Å². The number of rotatable bonds is 4. The van der Waals surface area contributed by atoms with Crippen LogP contribution in [-0.4, -0.2) is 24.2 Å². The lowest BCUT2D eigenvalue weighted by molar-refractivity contribution is -0.145. The van der Waals surface area contributed by atoms with E-state index in [9.17, 15) is 9.59 Å². The minimum Gasteiger partial charge on any atom is -0.465 e. The van der Waals surface area contributed by atoms with E-state index >= 15 is 0 Å². The van der Waals surface area contributed by atoms with Gasteiger partial charge in [0.15, 0.2) is 0 Å². The van der Waals surface area contributed by atoms with Crippen LogP contribution in [0.3, 0.4) is 0 Å². The van der Waals surface area contributed by atoms with Gasteiger partial charge in [-0.3, -0.25) is 9.59 Å². The summed E-state index contributed by atoms with van der Waals surface area (Å²) in [6, 6.07) is 7.25. The lowest BCUT2D eigenvalue weighted by Gasteiger charge is -2.10. The molecule has 1 amide bonds. The molecule has 1 fully saturated rings. The van der Waals surface area contributed by atoms with Gasteiger partial charge in [-0.25, -0.2) is 5.43 Å². The first-order valence-electron chi connectivity index (χ1n) is 7.22. The minimum atomic E-state index is -0.316. The van der Waals surface area contributed by atoms with E-state index in [2.05, 4.69) is 10.5 Å². The van der Waals surface area contributed by atoms with Gasteiger partial charge in [-0.1, -0.05) is 17.7 Å². The Morgan fingerprint density at radius 3 is 2.71 bits per heavy atom. The summed E-state index contributed by atoms with van der Waals surface area (Å²) >= 11 is 0. The third-order valence-corrected chi connectivity index (χ3v) is 3.51. The Labute approximate surface area is 124 Å². The van der Waals surface area contributed by atoms with Crippen LogP contribution in [0.15, 0.2) is 29.4 Å². The average Bonchev–Trinajstić information content (AvgIpc) is 2.94. The number of nitrogens with zero attached hydrogens (tertiary/aromatic N) is 1. The number of aryl methyl sites for hydroxylation is 1. The summed E-state index contributed by atoms with van der Waals surface area (Å²) in [5, 5.41) is 4.12. The first-order chi connectivity index (χ1) is 10.1.